The molecule has 15 heavy (non-hydrogen) atoms. The average molecular weight is 208 g/mol. The molecule has 1 saturated carbocycles. The van der Waals surface area contributed by atoms with Gasteiger partial charge in [0.15, 0.2) is 0 Å². The van der Waals surface area contributed by atoms with Crippen LogP contribution in [0.15, 0.2) is 5.16 Å². The summed E-state index contributed by atoms with van der Waals surface area (Å²) >= 11 is 0. The summed E-state index contributed by atoms with van der Waals surface area (Å²) in [5, 5.41) is 7.06. The molecule has 0 unspecified atom stereocenters. The fraction of sp³-hybridized carbons (Fsp3) is 0.750. The first-order valence-corrected chi connectivity index (χ1v) is 5.60. The number of hydrogen-bond acceptors (Lipinski definition) is 3. The monoisotopic (exact) mass is 208 g/mol. The van der Waals surface area contributed by atoms with Crippen LogP contribution >= 0.6 is 0 Å². The second-order valence-corrected chi connectivity index (χ2v) is 4.11. The van der Waals surface area contributed by atoms with Crippen molar-refractivity contribution in [1.82, 2.24) is 5.32 Å². The van der Waals surface area contributed by atoms with Gasteiger partial charge >= 0.3 is 0 Å². The van der Waals surface area contributed by atoms with Crippen molar-refractivity contribution in [3.63, 3.8) is 0 Å². The van der Waals surface area contributed by atoms with E-state index in [9.17, 15) is 0 Å². The van der Waals surface area contributed by atoms with Crippen LogP contribution in [0.4, 0.5) is 0 Å². The number of rotatable bonds is 5. The lowest BCUT2D eigenvalue weighted by molar-refractivity contribution is 0.147. The van der Waals surface area contributed by atoms with E-state index >= 15 is 0 Å². The molecule has 0 heterocycles. The maximum absolute atomic E-state index is 5.17. The Labute approximate surface area is 92.3 Å². The van der Waals surface area contributed by atoms with Gasteiger partial charge in [-0.1, -0.05) is 24.9 Å². The normalized spacial score (nSPS) is 16.1. The maximum Gasteiger partial charge on any atom is 0.132 e. The van der Waals surface area contributed by atoms with Gasteiger partial charge in [0, 0.05) is 18.4 Å². The molecular formula is C12H20N2O. The van der Waals surface area contributed by atoms with E-state index in [-0.39, 0.29) is 0 Å². The quantitative estimate of drug-likeness (QED) is 0.322. The maximum atomic E-state index is 5.17. The van der Waals surface area contributed by atoms with Gasteiger partial charge < -0.3 is 10.2 Å². The molecule has 84 valence electrons. The van der Waals surface area contributed by atoms with Crippen LogP contribution in [-0.2, 0) is 4.84 Å². The van der Waals surface area contributed by atoms with E-state index in [0.717, 1.165) is 12.3 Å². The lowest BCUT2D eigenvalue weighted by Crippen LogP contribution is -2.14. The average Bonchev–Trinajstić information content (AvgIpc) is 3.00. The van der Waals surface area contributed by atoms with E-state index in [1.54, 1.807) is 0 Å². The van der Waals surface area contributed by atoms with Crippen molar-refractivity contribution in [2.45, 2.75) is 26.7 Å². The van der Waals surface area contributed by atoms with Gasteiger partial charge in [0.2, 0.25) is 0 Å². The Morgan fingerprint density at radius 3 is 2.80 bits per heavy atom. The van der Waals surface area contributed by atoms with Crippen LogP contribution in [0.3, 0.4) is 0 Å². The molecule has 1 rings (SSSR count). The van der Waals surface area contributed by atoms with Gasteiger partial charge in [0.05, 0.1) is 0 Å². The summed E-state index contributed by atoms with van der Waals surface area (Å²) in [6.07, 6.45) is 2.50. The van der Waals surface area contributed by atoms with E-state index in [2.05, 4.69) is 36.2 Å². The minimum Gasteiger partial charge on any atom is -0.394 e. The minimum atomic E-state index is 0.339. The molecule has 0 aromatic carbocycles. The van der Waals surface area contributed by atoms with Crippen molar-refractivity contribution < 1.29 is 4.84 Å². The molecule has 1 aliphatic carbocycles. The number of likely N-dealkylation sites (N-methyl/N-ethyl adjacent to an activating group) is 1. The zero-order valence-corrected chi connectivity index (χ0v) is 9.84. The number of nitrogens with one attached hydrogen (secondary N) is 1. The number of oxime groups is 1. The molecule has 3 nitrogen and oxygen atoms in total. The smallest absolute Gasteiger partial charge is 0.132 e. The summed E-state index contributed by atoms with van der Waals surface area (Å²) in [7, 11) is 1.89. The van der Waals surface area contributed by atoms with Crippen LogP contribution in [0.25, 0.3) is 0 Å². The van der Waals surface area contributed by atoms with E-state index in [1.807, 2.05) is 7.05 Å². The lowest BCUT2D eigenvalue weighted by Gasteiger charge is -2.03. The van der Waals surface area contributed by atoms with Gasteiger partial charge in [0.25, 0.3) is 0 Å². The van der Waals surface area contributed by atoms with Gasteiger partial charge in [-0.15, -0.1) is 0 Å². The molecule has 0 aliphatic heterocycles. The standard InChI is InChI=1S/C12H20N2O/c1-10(2)12(7-6-11-4-5-11)14-15-9-8-13-3/h10-11,13H,4-5,8-9H2,1-3H3/b14-12+. The largest absolute Gasteiger partial charge is 0.394 e. The predicted molar refractivity (Wildman–Crippen MR) is 62.7 cm³/mol. The second-order valence-electron chi connectivity index (χ2n) is 4.11. The molecule has 0 radical (unpaired) electrons. The first kappa shape index (κ1) is 12.1. The molecular weight excluding hydrogens is 188 g/mol. The first-order valence-electron chi connectivity index (χ1n) is 5.60. The van der Waals surface area contributed by atoms with E-state index < -0.39 is 0 Å². The summed E-state index contributed by atoms with van der Waals surface area (Å²) in [5.74, 6) is 7.27. The summed E-state index contributed by atoms with van der Waals surface area (Å²) in [6.45, 7) is 5.58. The highest BCUT2D eigenvalue weighted by Gasteiger charge is 2.18. The van der Waals surface area contributed by atoms with Gasteiger partial charge in [-0.2, -0.15) is 0 Å². The Morgan fingerprint density at radius 2 is 2.27 bits per heavy atom. The number of nitrogens with zero attached hydrogens (tertiary/aromatic N) is 1. The second kappa shape index (κ2) is 6.47. The van der Waals surface area contributed by atoms with E-state index in [1.165, 1.54) is 12.8 Å². The third kappa shape index (κ3) is 5.44. The Bertz CT molecular complexity index is 269. The lowest BCUT2D eigenvalue weighted by atomic mass is 10.1. The first-order chi connectivity index (χ1) is 7.24. The van der Waals surface area contributed by atoms with Crippen molar-refractivity contribution in [2.75, 3.05) is 20.2 Å². The van der Waals surface area contributed by atoms with Crippen LogP contribution in [0.5, 0.6) is 0 Å². The third-order valence-corrected chi connectivity index (χ3v) is 2.13. The zero-order valence-electron chi connectivity index (χ0n) is 9.84. The van der Waals surface area contributed by atoms with E-state index in [0.29, 0.717) is 18.4 Å². The fourth-order valence-electron chi connectivity index (χ4n) is 0.939. The molecule has 0 saturated heterocycles. The third-order valence-electron chi connectivity index (χ3n) is 2.13. The van der Waals surface area contributed by atoms with Crippen molar-refractivity contribution in [1.29, 1.82) is 0 Å². The van der Waals surface area contributed by atoms with Gasteiger partial charge in [-0.25, -0.2) is 0 Å². The van der Waals surface area contributed by atoms with Crippen molar-refractivity contribution in [3.8, 4) is 11.8 Å². The van der Waals surface area contributed by atoms with Crippen LogP contribution in [0.2, 0.25) is 0 Å². The SMILES string of the molecule is CNCCO/N=C(\C#CC1CC1)C(C)C. The number of hydrogen-bond donors (Lipinski definition) is 1. The van der Waals surface area contributed by atoms with Crippen molar-refractivity contribution in [2.24, 2.45) is 17.0 Å². The molecule has 0 spiro atoms. The van der Waals surface area contributed by atoms with Crippen molar-refractivity contribution in [3.05, 3.63) is 0 Å². The van der Waals surface area contributed by atoms with Gasteiger partial charge in [-0.05, 0) is 25.8 Å². The van der Waals surface area contributed by atoms with Gasteiger partial charge in [-0.3, -0.25) is 0 Å². The molecule has 0 atom stereocenters. The molecule has 1 aliphatic rings. The van der Waals surface area contributed by atoms with Crippen LogP contribution in [0, 0.1) is 23.7 Å². The topological polar surface area (TPSA) is 33.6 Å². The Kier molecular flexibility index (Phi) is 5.20. The highest BCUT2D eigenvalue weighted by molar-refractivity contribution is 6.01. The molecule has 0 bridgehead atoms. The zero-order chi connectivity index (χ0) is 11.1. The fourth-order valence-corrected chi connectivity index (χ4v) is 0.939. The van der Waals surface area contributed by atoms with Crippen LogP contribution in [0.1, 0.15) is 26.7 Å². The van der Waals surface area contributed by atoms with Crippen molar-refractivity contribution >= 4 is 5.71 Å². The van der Waals surface area contributed by atoms with E-state index in [4.69, 9.17) is 4.84 Å². The van der Waals surface area contributed by atoms with Crippen LogP contribution < -0.4 is 5.32 Å². The summed E-state index contributed by atoms with van der Waals surface area (Å²) in [5.41, 5.74) is 0.859. The summed E-state index contributed by atoms with van der Waals surface area (Å²) in [6, 6.07) is 0. The van der Waals surface area contributed by atoms with Gasteiger partial charge in [0.1, 0.15) is 12.3 Å². The molecule has 1 fully saturated rings. The molecule has 0 aromatic rings. The summed E-state index contributed by atoms with van der Waals surface area (Å²) in [4.78, 5) is 5.17. The Morgan fingerprint density at radius 1 is 1.53 bits per heavy atom. The molecule has 0 aromatic heterocycles. The predicted octanol–water partition coefficient (Wildman–Crippen LogP) is 1.65. The highest BCUT2D eigenvalue weighted by atomic mass is 16.6. The minimum absolute atomic E-state index is 0.339. The van der Waals surface area contributed by atoms with Crippen LogP contribution in [-0.4, -0.2) is 25.9 Å². The summed E-state index contributed by atoms with van der Waals surface area (Å²) < 4.78 is 0. The highest BCUT2D eigenvalue weighted by Crippen LogP contribution is 2.27. The Hall–Kier alpha value is -1.01. The Balaban J connectivity index is 2.38. The molecule has 3 heteroatoms. The molecule has 1 N–H and O–H groups in total. The molecule has 0 amide bonds.